The highest BCUT2D eigenvalue weighted by molar-refractivity contribution is 5.86. The number of hydrogen-bond donors (Lipinski definition) is 2. The summed E-state index contributed by atoms with van der Waals surface area (Å²) in [7, 11) is 1.80. The first-order valence-corrected chi connectivity index (χ1v) is 5.85. The monoisotopic (exact) mass is 275 g/mol. The Balaban J connectivity index is 2.24. The van der Waals surface area contributed by atoms with Crippen LogP contribution in [0.15, 0.2) is 30.6 Å². The number of aryl methyl sites for hydroxylation is 1. The number of nitrogen functional groups attached to an aromatic ring is 1. The number of H-pyrrole nitrogens is 1. The molecule has 0 saturated heterocycles. The molecular weight excluding hydrogens is 264 g/mol. The molecule has 0 bridgehead atoms. The molecule has 7 heteroatoms. The Labute approximate surface area is 113 Å². The van der Waals surface area contributed by atoms with E-state index in [0.29, 0.717) is 17.1 Å². The molecule has 0 spiro atoms. The minimum Gasteiger partial charge on any atom is -0.382 e. The zero-order valence-electron chi connectivity index (χ0n) is 10.6. The second-order valence-electron chi connectivity index (χ2n) is 4.34. The Morgan fingerprint density at radius 2 is 2.10 bits per heavy atom. The number of benzene rings is 1. The van der Waals surface area contributed by atoms with E-state index in [1.165, 1.54) is 12.1 Å². The molecular formula is C13H11F2N5. The lowest BCUT2D eigenvalue weighted by molar-refractivity contribution is 0.585. The van der Waals surface area contributed by atoms with Gasteiger partial charge in [0.25, 0.3) is 0 Å². The molecule has 0 aliphatic rings. The summed E-state index contributed by atoms with van der Waals surface area (Å²) in [4.78, 5) is 4.17. The first kappa shape index (κ1) is 12.3. The van der Waals surface area contributed by atoms with Crippen molar-refractivity contribution in [3.8, 4) is 22.6 Å². The zero-order chi connectivity index (χ0) is 14.3. The Bertz CT molecular complexity index is 775. The number of nitrogens with two attached hydrogens (primary N) is 1. The van der Waals surface area contributed by atoms with Gasteiger partial charge in [0.1, 0.15) is 17.3 Å². The number of imidazole rings is 1. The third-order valence-electron chi connectivity index (χ3n) is 3.04. The van der Waals surface area contributed by atoms with Gasteiger partial charge in [-0.3, -0.25) is 5.10 Å². The minimum absolute atomic E-state index is 0.133. The molecule has 0 aliphatic heterocycles. The van der Waals surface area contributed by atoms with Crippen LogP contribution in [0.2, 0.25) is 0 Å². The molecule has 3 N–H and O–H groups in total. The van der Waals surface area contributed by atoms with Crippen molar-refractivity contribution < 1.29 is 8.78 Å². The van der Waals surface area contributed by atoms with Crippen LogP contribution >= 0.6 is 0 Å². The number of nitrogens with zero attached hydrogens (tertiary/aromatic N) is 3. The van der Waals surface area contributed by atoms with Crippen molar-refractivity contribution in [2.75, 3.05) is 5.73 Å². The van der Waals surface area contributed by atoms with E-state index in [-0.39, 0.29) is 11.4 Å². The van der Waals surface area contributed by atoms with Crippen LogP contribution in [0.25, 0.3) is 22.6 Å². The predicted octanol–water partition coefficient (Wildman–Crippen LogP) is 2.34. The number of halogens is 2. The van der Waals surface area contributed by atoms with E-state index in [1.807, 2.05) is 0 Å². The van der Waals surface area contributed by atoms with E-state index in [9.17, 15) is 8.78 Å². The smallest absolute Gasteiger partial charge is 0.158 e. The Morgan fingerprint density at radius 1 is 1.30 bits per heavy atom. The number of rotatable bonds is 2. The van der Waals surface area contributed by atoms with Crippen molar-refractivity contribution in [2.45, 2.75) is 0 Å². The van der Waals surface area contributed by atoms with Crippen molar-refractivity contribution in [1.29, 1.82) is 0 Å². The van der Waals surface area contributed by atoms with Crippen LogP contribution in [0, 0.1) is 11.6 Å². The quantitative estimate of drug-likeness (QED) is 0.754. The molecule has 2 aromatic heterocycles. The maximum absolute atomic E-state index is 14.0. The van der Waals surface area contributed by atoms with Gasteiger partial charge < -0.3 is 10.3 Å². The summed E-state index contributed by atoms with van der Waals surface area (Å²) in [6, 6.07) is 3.31. The van der Waals surface area contributed by atoms with Gasteiger partial charge in [-0.2, -0.15) is 5.10 Å². The summed E-state index contributed by atoms with van der Waals surface area (Å²) in [5, 5.41) is 6.63. The van der Waals surface area contributed by atoms with Gasteiger partial charge in [0.2, 0.25) is 0 Å². The van der Waals surface area contributed by atoms with Crippen molar-refractivity contribution in [3.63, 3.8) is 0 Å². The topological polar surface area (TPSA) is 72.5 Å². The first-order chi connectivity index (χ1) is 9.58. The average Bonchev–Trinajstić information content (AvgIpc) is 2.96. The van der Waals surface area contributed by atoms with E-state index >= 15 is 0 Å². The number of hydrogen-bond acceptors (Lipinski definition) is 3. The van der Waals surface area contributed by atoms with E-state index in [0.717, 1.165) is 6.07 Å². The van der Waals surface area contributed by atoms with Crippen molar-refractivity contribution in [3.05, 3.63) is 42.2 Å². The second-order valence-corrected chi connectivity index (χ2v) is 4.34. The van der Waals surface area contributed by atoms with Gasteiger partial charge in [-0.15, -0.1) is 0 Å². The van der Waals surface area contributed by atoms with Gasteiger partial charge in [-0.25, -0.2) is 13.8 Å². The van der Waals surface area contributed by atoms with E-state index in [1.54, 1.807) is 24.0 Å². The molecule has 0 fully saturated rings. The molecule has 20 heavy (non-hydrogen) atoms. The summed E-state index contributed by atoms with van der Waals surface area (Å²) < 4.78 is 28.7. The normalized spacial score (nSPS) is 10.9. The maximum atomic E-state index is 14.0. The highest BCUT2D eigenvalue weighted by Crippen LogP contribution is 2.35. The average molecular weight is 275 g/mol. The molecule has 0 radical (unpaired) electrons. The number of aromatic amines is 1. The summed E-state index contributed by atoms with van der Waals surface area (Å²) >= 11 is 0. The molecule has 0 saturated carbocycles. The molecule has 0 amide bonds. The van der Waals surface area contributed by atoms with Crippen LogP contribution < -0.4 is 5.73 Å². The highest BCUT2D eigenvalue weighted by atomic mass is 19.1. The third-order valence-corrected chi connectivity index (χ3v) is 3.04. The fourth-order valence-corrected chi connectivity index (χ4v) is 2.09. The van der Waals surface area contributed by atoms with Gasteiger partial charge in [0, 0.05) is 31.1 Å². The molecule has 5 nitrogen and oxygen atoms in total. The Kier molecular flexibility index (Phi) is 2.74. The lowest BCUT2D eigenvalue weighted by atomic mass is 10.0. The van der Waals surface area contributed by atoms with Crippen LogP contribution in [0.4, 0.5) is 14.6 Å². The number of anilines is 1. The fraction of sp³-hybridized carbons (Fsp3) is 0.0769. The van der Waals surface area contributed by atoms with Gasteiger partial charge in [-0.05, 0) is 12.1 Å². The summed E-state index contributed by atoms with van der Waals surface area (Å²) in [5.41, 5.74) is 6.83. The molecule has 3 aromatic rings. The predicted molar refractivity (Wildman–Crippen MR) is 70.6 cm³/mol. The van der Waals surface area contributed by atoms with Gasteiger partial charge >= 0.3 is 0 Å². The lowest BCUT2D eigenvalue weighted by Gasteiger charge is -2.06. The molecule has 0 unspecified atom stereocenters. The van der Waals surface area contributed by atoms with E-state index < -0.39 is 11.6 Å². The largest absolute Gasteiger partial charge is 0.382 e. The van der Waals surface area contributed by atoms with Crippen molar-refractivity contribution in [1.82, 2.24) is 19.7 Å². The van der Waals surface area contributed by atoms with Crippen molar-refractivity contribution in [2.24, 2.45) is 7.05 Å². The Hall–Kier alpha value is -2.70. The van der Waals surface area contributed by atoms with E-state index in [2.05, 4.69) is 15.2 Å². The molecule has 0 atom stereocenters. The number of nitrogens with one attached hydrogen (secondary N) is 1. The SMILES string of the molecule is Cn1ccnc1-c1[nH]nc(N)c1-c1ccc(F)cc1F. The highest BCUT2D eigenvalue weighted by Gasteiger charge is 2.20. The van der Waals surface area contributed by atoms with Crippen molar-refractivity contribution >= 4 is 5.82 Å². The van der Waals surface area contributed by atoms with Crippen LogP contribution in [0.3, 0.4) is 0 Å². The van der Waals surface area contributed by atoms with Crippen LogP contribution in [-0.4, -0.2) is 19.7 Å². The maximum Gasteiger partial charge on any atom is 0.158 e. The van der Waals surface area contributed by atoms with Gasteiger partial charge in [0.15, 0.2) is 11.6 Å². The van der Waals surface area contributed by atoms with Crippen LogP contribution in [-0.2, 0) is 7.05 Å². The molecule has 1 aromatic carbocycles. The Morgan fingerprint density at radius 3 is 2.75 bits per heavy atom. The molecule has 0 aliphatic carbocycles. The number of aromatic nitrogens is 4. The lowest BCUT2D eigenvalue weighted by Crippen LogP contribution is -1.96. The summed E-state index contributed by atoms with van der Waals surface area (Å²) in [6.45, 7) is 0. The fourth-order valence-electron chi connectivity index (χ4n) is 2.09. The third kappa shape index (κ3) is 1.83. The van der Waals surface area contributed by atoms with E-state index in [4.69, 9.17) is 5.73 Å². The summed E-state index contributed by atoms with van der Waals surface area (Å²) in [5.74, 6) is -0.651. The minimum atomic E-state index is -0.700. The second kappa shape index (κ2) is 4.44. The summed E-state index contributed by atoms with van der Waals surface area (Å²) in [6.07, 6.45) is 3.36. The van der Waals surface area contributed by atoms with Gasteiger partial charge in [0.05, 0.1) is 5.56 Å². The molecule has 2 heterocycles. The zero-order valence-corrected chi connectivity index (χ0v) is 10.6. The molecule has 3 rings (SSSR count). The first-order valence-electron chi connectivity index (χ1n) is 5.85. The molecule has 102 valence electrons. The van der Waals surface area contributed by atoms with Gasteiger partial charge in [-0.1, -0.05) is 0 Å². The standard InChI is InChI=1S/C13H11F2N5/c1-20-5-4-17-13(20)11-10(12(16)19-18-11)8-3-2-7(14)6-9(8)15/h2-6H,1H3,(H3,16,18,19). The van der Waals surface area contributed by atoms with Crippen LogP contribution in [0.5, 0.6) is 0 Å². The van der Waals surface area contributed by atoms with Crippen LogP contribution in [0.1, 0.15) is 0 Å².